The number of carbonyl (C=O) groups is 2. The molecule has 1 aliphatic rings. The van der Waals surface area contributed by atoms with Gasteiger partial charge in [0.25, 0.3) is 5.91 Å². The molecule has 1 unspecified atom stereocenters. The summed E-state index contributed by atoms with van der Waals surface area (Å²) >= 11 is 0. The molecule has 1 aliphatic heterocycles. The Morgan fingerprint density at radius 2 is 1.79 bits per heavy atom. The van der Waals surface area contributed by atoms with E-state index in [9.17, 15) is 9.59 Å². The van der Waals surface area contributed by atoms with Crippen LogP contribution in [0.2, 0.25) is 0 Å². The number of cyclic esters (lactones) is 1. The lowest BCUT2D eigenvalue weighted by atomic mass is 10.1. The van der Waals surface area contributed by atoms with Crippen LogP contribution in [0.3, 0.4) is 0 Å². The Bertz CT molecular complexity index is 1180. The quantitative estimate of drug-likeness (QED) is 0.554. The number of benzene rings is 2. The first-order valence-corrected chi connectivity index (χ1v) is 10.6. The highest BCUT2D eigenvalue weighted by Gasteiger charge is 2.31. The predicted molar refractivity (Wildman–Crippen MR) is 125 cm³/mol. The SMILES string of the molecule is COc1ccc(C2=NN(C(Cc3ccccc3)NC(=O)c3ccncc3)C(=O)OC2)cc1OC. The summed E-state index contributed by atoms with van der Waals surface area (Å²) in [6.07, 6.45) is 1.95. The summed E-state index contributed by atoms with van der Waals surface area (Å²) in [6.45, 7) is -0.0127. The van der Waals surface area contributed by atoms with Crippen molar-refractivity contribution in [3.8, 4) is 11.5 Å². The zero-order chi connectivity index (χ0) is 23.9. The van der Waals surface area contributed by atoms with Gasteiger partial charge < -0.3 is 19.5 Å². The molecule has 9 heteroatoms. The topological polar surface area (TPSA) is 102 Å². The van der Waals surface area contributed by atoms with Gasteiger partial charge in [-0.2, -0.15) is 10.1 Å². The Kier molecular flexibility index (Phi) is 7.02. The first kappa shape index (κ1) is 22.8. The molecule has 4 rings (SSSR count). The van der Waals surface area contributed by atoms with E-state index in [0.29, 0.717) is 34.8 Å². The van der Waals surface area contributed by atoms with E-state index in [-0.39, 0.29) is 12.5 Å². The Labute approximate surface area is 197 Å². The first-order chi connectivity index (χ1) is 16.6. The molecule has 2 heterocycles. The van der Waals surface area contributed by atoms with Crippen LogP contribution in [0.4, 0.5) is 4.79 Å². The summed E-state index contributed by atoms with van der Waals surface area (Å²) in [7, 11) is 3.10. The fourth-order valence-corrected chi connectivity index (χ4v) is 3.52. The number of nitrogens with one attached hydrogen (secondary N) is 1. The third-order valence-electron chi connectivity index (χ3n) is 5.27. The molecule has 0 fully saturated rings. The predicted octanol–water partition coefficient (Wildman–Crippen LogP) is 3.25. The molecule has 2 amide bonds. The van der Waals surface area contributed by atoms with Crippen molar-refractivity contribution in [2.75, 3.05) is 20.8 Å². The molecule has 3 aromatic rings. The Morgan fingerprint density at radius 1 is 1.06 bits per heavy atom. The van der Waals surface area contributed by atoms with E-state index < -0.39 is 12.3 Å². The average Bonchev–Trinajstić information content (AvgIpc) is 2.89. The minimum absolute atomic E-state index is 0.0127. The van der Waals surface area contributed by atoms with E-state index in [4.69, 9.17) is 14.2 Å². The van der Waals surface area contributed by atoms with Crippen LogP contribution < -0.4 is 14.8 Å². The monoisotopic (exact) mass is 460 g/mol. The van der Waals surface area contributed by atoms with Crippen LogP contribution in [0.15, 0.2) is 78.2 Å². The van der Waals surface area contributed by atoms with E-state index in [1.54, 1.807) is 44.6 Å². The van der Waals surface area contributed by atoms with Gasteiger partial charge in [0.05, 0.1) is 14.2 Å². The van der Waals surface area contributed by atoms with Gasteiger partial charge in [-0.15, -0.1) is 0 Å². The molecule has 0 radical (unpaired) electrons. The van der Waals surface area contributed by atoms with Gasteiger partial charge in [0.15, 0.2) is 11.5 Å². The molecule has 0 bridgehead atoms. The number of rotatable bonds is 8. The van der Waals surface area contributed by atoms with Crippen LogP contribution in [0.5, 0.6) is 11.5 Å². The van der Waals surface area contributed by atoms with Gasteiger partial charge in [-0.3, -0.25) is 9.78 Å². The molecule has 0 saturated heterocycles. The number of hydrogen-bond acceptors (Lipinski definition) is 7. The number of carbonyl (C=O) groups excluding carboxylic acids is 2. The lowest BCUT2D eigenvalue weighted by Gasteiger charge is -2.31. The number of methoxy groups -OCH3 is 2. The number of hydrazone groups is 1. The second kappa shape index (κ2) is 10.5. The zero-order valence-corrected chi connectivity index (χ0v) is 18.8. The van der Waals surface area contributed by atoms with E-state index in [1.807, 2.05) is 30.3 Å². The summed E-state index contributed by atoms with van der Waals surface area (Å²) in [5.74, 6) is 0.741. The van der Waals surface area contributed by atoms with E-state index in [1.165, 1.54) is 17.4 Å². The lowest BCUT2D eigenvalue weighted by Crippen LogP contribution is -2.52. The van der Waals surface area contributed by atoms with Crippen molar-refractivity contribution in [3.05, 3.63) is 89.7 Å². The minimum atomic E-state index is -0.786. The van der Waals surface area contributed by atoms with Gasteiger partial charge in [0.2, 0.25) is 0 Å². The standard InChI is InChI=1S/C25H24N4O5/c1-32-21-9-8-19(15-22(21)33-2)20-16-34-25(31)29(28-20)23(14-17-6-4-3-5-7-17)27-24(30)18-10-12-26-13-11-18/h3-13,15,23H,14,16H2,1-2H3,(H,27,30). The van der Waals surface area contributed by atoms with Crippen molar-refractivity contribution in [2.45, 2.75) is 12.6 Å². The molecule has 1 atom stereocenters. The van der Waals surface area contributed by atoms with Gasteiger partial charge in [-0.05, 0) is 35.9 Å². The Morgan fingerprint density at radius 3 is 2.50 bits per heavy atom. The van der Waals surface area contributed by atoms with Crippen LogP contribution in [0.25, 0.3) is 0 Å². The number of aromatic nitrogens is 1. The van der Waals surface area contributed by atoms with Crippen molar-refractivity contribution < 1.29 is 23.8 Å². The number of pyridine rings is 1. The van der Waals surface area contributed by atoms with Crippen LogP contribution >= 0.6 is 0 Å². The summed E-state index contributed by atoms with van der Waals surface area (Å²) in [5.41, 5.74) is 2.55. The third kappa shape index (κ3) is 5.15. The van der Waals surface area contributed by atoms with Gasteiger partial charge in [-0.1, -0.05) is 30.3 Å². The fourth-order valence-electron chi connectivity index (χ4n) is 3.52. The van der Waals surface area contributed by atoms with E-state index in [0.717, 1.165) is 5.56 Å². The van der Waals surface area contributed by atoms with Gasteiger partial charge in [0.1, 0.15) is 18.5 Å². The van der Waals surface area contributed by atoms with Crippen LogP contribution in [-0.2, 0) is 11.2 Å². The highest BCUT2D eigenvalue weighted by molar-refractivity contribution is 6.04. The Hall–Kier alpha value is -4.40. The van der Waals surface area contributed by atoms with Crippen LogP contribution in [0.1, 0.15) is 21.5 Å². The molecule has 1 aromatic heterocycles. The van der Waals surface area contributed by atoms with E-state index in [2.05, 4.69) is 15.4 Å². The maximum atomic E-state index is 12.9. The van der Waals surface area contributed by atoms with Gasteiger partial charge >= 0.3 is 6.09 Å². The van der Waals surface area contributed by atoms with Crippen molar-refractivity contribution >= 4 is 17.7 Å². The molecule has 0 saturated carbocycles. The molecule has 0 spiro atoms. The van der Waals surface area contributed by atoms with E-state index >= 15 is 0 Å². The van der Waals surface area contributed by atoms with Crippen molar-refractivity contribution in [1.29, 1.82) is 0 Å². The fraction of sp³-hybridized carbons (Fsp3) is 0.200. The number of amides is 2. The summed E-state index contributed by atoms with van der Waals surface area (Å²) in [5, 5.41) is 8.63. The molecule has 9 nitrogen and oxygen atoms in total. The maximum absolute atomic E-state index is 12.9. The molecule has 1 N–H and O–H groups in total. The summed E-state index contributed by atoms with van der Waals surface area (Å²) in [4.78, 5) is 29.6. The summed E-state index contributed by atoms with van der Waals surface area (Å²) < 4.78 is 16.1. The number of nitrogens with zero attached hydrogens (tertiary/aromatic N) is 3. The lowest BCUT2D eigenvalue weighted by molar-refractivity contribution is 0.0704. The van der Waals surface area contributed by atoms with Gasteiger partial charge in [0, 0.05) is 29.9 Å². The molecule has 0 aliphatic carbocycles. The molecular formula is C25H24N4O5. The molecule has 2 aromatic carbocycles. The zero-order valence-electron chi connectivity index (χ0n) is 18.8. The molecule has 34 heavy (non-hydrogen) atoms. The van der Waals surface area contributed by atoms with Crippen LogP contribution in [-0.4, -0.2) is 54.7 Å². The number of ether oxygens (including phenoxy) is 3. The van der Waals surface area contributed by atoms with Crippen molar-refractivity contribution in [1.82, 2.24) is 15.3 Å². The Balaban J connectivity index is 1.67. The number of hydrogen-bond donors (Lipinski definition) is 1. The van der Waals surface area contributed by atoms with Crippen LogP contribution in [0, 0.1) is 0 Å². The minimum Gasteiger partial charge on any atom is -0.493 e. The second-order valence-corrected chi connectivity index (χ2v) is 7.43. The highest BCUT2D eigenvalue weighted by atomic mass is 16.6. The first-order valence-electron chi connectivity index (χ1n) is 10.6. The van der Waals surface area contributed by atoms with Crippen molar-refractivity contribution in [3.63, 3.8) is 0 Å². The summed E-state index contributed by atoms with van der Waals surface area (Å²) in [6, 6.07) is 18.0. The highest BCUT2D eigenvalue weighted by Crippen LogP contribution is 2.28. The maximum Gasteiger partial charge on any atom is 0.432 e. The van der Waals surface area contributed by atoms with Gasteiger partial charge in [-0.25, -0.2) is 4.79 Å². The molecule has 174 valence electrons. The van der Waals surface area contributed by atoms with Crippen molar-refractivity contribution in [2.24, 2.45) is 5.10 Å². The largest absolute Gasteiger partial charge is 0.493 e. The second-order valence-electron chi connectivity index (χ2n) is 7.43. The molecular weight excluding hydrogens is 436 g/mol. The normalized spacial score (nSPS) is 14.0. The smallest absolute Gasteiger partial charge is 0.432 e. The third-order valence-corrected chi connectivity index (χ3v) is 5.27. The average molecular weight is 460 g/mol.